The van der Waals surface area contributed by atoms with E-state index in [-0.39, 0.29) is 38.1 Å². The number of para-hydroxylation sites is 4. The van der Waals surface area contributed by atoms with Crippen LogP contribution >= 0.6 is 0 Å². The normalized spacial score (nSPS) is 11.8. The van der Waals surface area contributed by atoms with Gasteiger partial charge in [0.15, 0.2) is 0 Å². The summed E-state index contributed by atoms with van der Waals surface area (Å²) in [6.45, 7) is 2.81. The minimum absolute atomic E-state index is 0. The number of benzene rings is 26. The zero-order valence-electron chi connectivity index (χ0n) is 73.8. The molecule has 0 aliphatic carbocycles. The first-order valence-corrected chi connectivity index (χ1v) is 45.7. The molecular weight excluding hydrogens is 1840 g/mol. The van der Waals surface area contributed by atoms with Crippen molar-refractivity contribution in [3.05, 3.63) is 437 Å². The number of hydrogen-bond acceptors (Lipinski definition) is 10. The number of fused-ring (bicyclic) bond motifs is 12. The zero-order chi connectivity index (χ0) is 89.6. The monoisotopic (exact) mass is 1920 g/mol. The van der Waals surface area contributed by atoms with Gasteiger partial charge in [-0.3, -0.25) is 19.6 Å². The molecule has 0 atom stereocenters. The fourth-order valence-corrected chi connectivity index (χ4v) is 21.7. The average Bonchev–Trinajstić information content (AvgIpc) is 0.704. The standard InChI is InChI=1S/2C60H35N4.C5H8O2.Ir/c2*1-3-17-43(18-4-1)63(53-33-41-15-7-11-37-23-25-39-13-9-21-49(53)57(39)55(37)41)45-27-29-47-48-30-28-46(36-52(48)60-59(51(47)35-45)61-31-32-62-60)64(44-19-5-2-6-20-44)54-34-42-16-8-12-38-24-26-40-14-10-22-50(54)58(40)56(38)42;1-4(6)3-5(2)7;/h2*1-35H;3H2,1-2H3;/q2*-1;;+3. The summed E-state index contributed by atoms with van der Waals surface area (Å²) in [5.74, 6) is -0.125. The molecule has 0 bridgehead atoms. The van der Waals surface area contributed by atoms with E-state index >= 15 is 0 Å². The van der Waals surface area contributed by atoms with Crippen molar-refractivity contribution < 1.29 is 29.7 Å². The molecule has 0 amide bonds. The van der Waals surface area contributed by atoms with Crippen LogP contribution in [0, 0.1) is 12.1 Å². The SMILES string of the molecule is CC(=O)CC(C)=O.[Ir+3].[c-]1c(N(c2ccccc2)c2cc3cccc4ccc5cccc2c5c43)ccc2c1c1nccnc1c1cc(N(c3ccccc3)c3cc4cccc5ccc6cccc3c6c54)ccc21.[c-]1c(N(c2ccccc2)c2cc3cccc4ccc5cccc2c5c43)ccc2c1c1nccnc1c1cc(N(c3ccccc3)c3cc4cccc5ccc6cccc3c6c54)ccc21. The van der Waals surface area contributed by atoms with Gasteiger partial charge in [-0.2, -0.15) is 0 Å². The van der Waals surface area contributed by atoms with Gasteiger partial charge in [0.05, 0.1) is 40.2 Å². The third-order valence-corrected chi connectivity index (χ3v) is 27.3. The number of anilines is 12. The largest absolute Gasteiger partial charge is 3.00 e. The molecule has 0 unspecified atom stereocenters. The molecule has 28 rings (SSSR count). The van der Waals surface area contributed by atoms with E-state index < -0.39 is 0 Å². The molecule has 136 heavy (non-hydrogen) atoms. The van der Waals surface area contributed by atoms with Crippen LogP contribution in [0.4, 0.5) is 68.2 Å². The second-order valence-electron chi connectivity index (χ2n) is 35.3. The van der Waals surface area contributed by atoms with Crippen LogP contribution < -0.4 is 19.6 Å². The van der Waals surface area contributed by atoms with Crippen molar-refractivity contribution in [1.82, 2.24) is 19.9 Å². The van der Waals surface area contributed by atoms with Gasteiger partial charge in [0.1, 0.15) is 11.6 Å². The van der Waals surface area contributed by atoms with Gasteiger partial charge in [-0.15, -0.1) is 47.2 Å². The Morgan fingerprint density at radius 2 is 0.463 bits per heavy atom. The Morgan fingerprint density at radius 1 is 0.213 bits per heavy atom. The van der Waals surface area contributed by atoms with Crippen LogP contribution in [0.5, 0.6) is 0 Å². The molecule has 2 aromatic heterocycles. The van der Waals surface area contributed by atoms with E-state index in [0.29, 0.717) is 0 Å². The van der Waals surface area contributed by atoms with E-state index in [4.69, 9.17) is 19.9 Å². The number of rotatable bonds is 14. The van der Waals surface area contributed by atoms with Crippen molar-refractivity contribution in [2.24, 2.45) is 0 Å². The van der Waals surface area contributed by atoms with E-state index in [1.807, 2.05) is 12.4 Å². The number of Topliss-reactive ketones (excluding diaryl/α,β-unsaturated/α-hetero) is 2. The second-order valence-corrected chi connectivity index (χ2v) is 35.3. The first-order chi connectivity index (χ1) is 66.6. The number of hydrogen-bond donors (Lipinski definition) is 0. The molecule has 638 valence electrons. The molecule has 10 nitrogen and oxygen atoms in total. The van der Waals surface area contributed by atoms with Gasteiger partial charge in [0.25, 0.3) is 0 Å². The predicted octanol–water partition coefficient (Wildman–Crippen LogP) is 33.5. The fourth-order valence-electron chi connectivity index (χ4n) is 21.7. The predicted molar refractivity (Wildman–Crippen MR) is 566 cm³/mol. The first kappa shape index (κ1) is 80.8. The van der Waals surface area contributed by atoms with Gasteiger partial charge < -0.3 is 29.6 Å². The molecule has 2 heterocycles. The third-order valence-electron chi connectivity index (χ3n) is 27.3. The van der Waals surface area contributed by atoms with Gasteiger partial charge in [-0.05, 0) is 241 Å². The number of carbonyl (C=O) groups is 2. The number of ketones is 2. The first-order valence-electron chi connectivity index (χ1n) is 45.7. The van der Waals surface area contributed by atoms with Crippen molar-refractivity contribution in [2.75, 3.05) is 19.6 Å². The molecular formula is C125H78IrN8O2+. The second kappa shape index (κ2) is 32.7. The quantitative estimate of drug-likeness (QED) is 0.0595. The Balaban J connectivity index is 0.000000134. The number of carbonyl (C=O) groups excluding carboxylic acids is 2. The van der Waals surface area contributed by atoms with Crippen LogP contribution in [0.2, 0.25) is 0 Å². The molecule has 11 heteroatoms. The Kier molecular flexibility index (Phi) is 19.4. The molecule has 0 saturated heterocycles. The molecule has 28 aromatic rings. The van der Waals surface area contributed by atoms with E-state index in [0.717, 1.165) is 133 Å². The maximum Gasteiger partial charge on any atom is 3.00 e. The Labute approximate surface area is 795 Å². The molecule has 0 saturated carbocycles. The van der Waals surface area contributed by atoms with E-state index in [2.05, 4.69) is 432 Å². The topological polar surface area (TPSA) is 98.7 Å². The summed E-state index contributed by atoms with van der Waals surface area (Å²) in [6, 6.07) is 154. The molecule has 0 spiro atoms. The fraction of sp³-hybridized carbons (Fsp3) is 0.0240. The van der Waals surface area contributed by atoms with Gasteiger partial charge >= 0.3 is 20.1 Å². The van der Waals surface area contributed by atoms with Crippen LogP contribution in [0.3, 0.4) is 0 Å². The van der Waals surface area contributed by atoms with E-state index in [9.17, 15) is 9.59 Å². The van der Waals surface area contributed by atoms with Crippen LogP contribution in [-0.4, -0.2) is 31.5 Å². The minimum atomic E-state index is -0.0625. The minimum Gasteiger partial charge on any atom is -0.328 e. The molecule has 0 aliphatic heterocycles. The Hall–Kier alpha value is -17.2. The van der Waals surface area contributed by atoms with E-state index in [1.165, 1.54) is 143 Å². The summed E-state index contributed by atoms with van der Waals surface area (Å²) in [5, 5.41) is 38.3. The third kappa shape index (κ3) is 13.2. The van der Waals surface area contributed by atoms with Crippen molar-refractivity contribution in [1.29, 1.82) is 0 Å². The number of nitrogens with zero attached hydrogens (tertiary/aromatic N) is 8. The zero-order valence-corrected chi connectivity index (χ0v) is 76.2. The summed E-state index contributed by atoms with van der Waals surface area (Å²) >= 11 is 0. The smallest absolute Gasteiger partial charge is 0.328 e. The Bertz CT molecular complexity index is 8530. The van der Waals surface area contributed by atoms with Crippen LogP contribution in [0.15, 0.2) is 425 Å². The summed E-state index contributed by atoms with van der Waals surface area (Å²) in [7, 11) is 0. The summed E-state index contributed by atoms with van der Waals surface area (Å²) in [5.41, 5.74) is 16.0. The summed E-state index contributed by atoms with van der Waals surface area (Å²) < 4.78 is 0. The van der Waals surface area contributed by atoms with Gasteiger partial charge in [-0.25, -0.2) is 0 Å². The van der Waals surface area contributed by atoms with Crippen LogP contribution in [0.25, 0.3) is 194 Å². The molecule has 0 N–H and O–H groups in total. The molecule has 0 aliphatic rings. The molecule has 26 aromatic carbocycles. The van der Waals surface area contributed by atoms with E-state index in [1.54, 1.807) is 12.4 Å². The van der Waals surface area contributed by atoms with Gasteiger partial charge in [-0.1, -0.05) is 301 Å². The Morgan fingerprint density at radius 3 is 0.750 bits per heavy atom. The van der Waals surface area contributed by atoms with Gasteiger partial charge in [0, 0.05) is 91.5 Å². The van der Waals surface area contributed by atoms with Crippen molar-refractivity contribution in [3.8, 4) is 0 Å². The summed E-state index contributed by atoms with van der Waals surface area (Å²) in [4.78, 5) is 49.9. The van der Waals surface area contributed by atoms with Gasteiger partial charge in [0.2, 0.25) is 0 Å². The maximum atomic E-state index is 10.0. The van der Waals surface area contributed by atoms with Crippen LogP contribution in [0.1, 0.15) is 20.3 Å². The molecule has 0 fully saturated rings. The van der Waals surface area contributed by atoms with Crippen LogP contribution in [-0.2, 0) is 29.7 Å². The average molecular weight is 1920 g/mol. The molecule has 0 radical (unpaired) electrons. The number of aromatic nitrogens is 4. The van der Waals surface area contributed by atoms with Crippen molar-refractivity contribution in [2.45, 2.75) is 20.3 Å². The van der Waals surface area contributed by atoms with Crippen molar-refractivity contribution >= 4 is 274 Å². The maximum absolute atomic E-state index is 10.0. The summed E-state index contributed by atoms with van der Waals surface area (Å²) in [6.07, 6.45) is 7.30. The van der Waals surface area contributed by atoms with Crippen molar-refractivity contribution in [3.63, 3.8) is 0 Å².